The van der Waals surface area contributed by atoms with Crippen LogP contribution in [0.15, 0.2) is 23.4 Å². The van der Waals surface area contributed by atoms with Crippen LogP contribution >= 0.6 is 0 Å². The van der Waals surface area contributed by atoms with Gasteiger partial charge in [0.15, 0.2) is 0 Å². The fourth-order valence-corrected chi connectivity index (χ4v) is 2.11. The van der Waals surface area contributed by atoms with Gasteiger partial charge in [-0.2, -0.15) is 0 Å². The standard InChI is InChI=1S/C13H23N/c1-4-5-10-13(14-3)12-9-7-6-8-11(12)2/h14H,2,4-10H2,1,3H3/b13-12-. The minimum Gasteiger partial charge on any atom is -0.391 e. The molecule has 1 rings (SSSR count). The first-order valence-electron chi connectivity index (χ1n) is 5.87. The number of hydrogen-bond donors (Lipinski definition) is 1. The van der Waals surface area contributed by atoms with Crippen molar-refractivity contribution in [1.82, 2.24) is 5.32 Å². The third-order valence-electron chi connectivity index (χ3n) is 3.03. The van der Waals surface area contributed by atoms with Crippen LogP contribution in [0.4, 0.5) is 0 Å². The van der Waals surface area contributed by atoms with Crippen LogP contribution < -0.4 is 5.32 Å². The van der Waals surface area contributed by atoms with E-state index in [1.54, 1.807) is 0 Å². The molecule has 0 spiro atoms. The quantitative estimate of drug-likeness (QED) is 0.716. The first-order chi connectivity index (χ1) is 6.79. The van der Waals surface area contributed by atoms with Crippen LogP contribution in [0.5, 0.6) is 0 Å². The van der Waals surface area contributed by atoms with Gasteiger partial charge in [-0.25, -0.2) is 0 Å². The second-order valence-electron chi connectivity index (χ2n) is 4.12. The molecular weight excluding hydrogens is 170 g/mol. The molecule has 0 atom stereocenters. The Bertz CT molecular complexity index is 225. The third-order valence-corrected chi connectivity index (χ3v) is 3.03. The fraction of sp³-hybridized carbons (Fsp3) is 0.692. The highest BCUT2D eigenvalue weighted by Gasteiger charge is 2.13. The average molecular weight is 193 g/mol. The summed E-state index contributed by atoms with van der Waals surface area (Å²) in [7, 11) is 2.04. The van der Waals surface area contributed by atoms with Crippen molar-refractivity contribution in [2.45, 2.75) is 51.9 Å². The van der Waals surface area contributed by atoms with Gasteiger partial charge in [0.05, 0.1) is 0 Å². The summed E-state index contributed by atoms with van der Waals surface area (Å²) in [6, 6.07) is 0. The van der Waals surface area contributed by atoms with Gasteiger partial charge >= 0.3 is 0 Å². The smallest absolute Gasteiger partial charge is 0.0139 e. The fourth-order valence-electron chi connectivity index (χ4n) is 2.11. The van der Waals surface area contributed by atoms with E-state index in [-0.39, 0.29) is 0 Å². The molecule has 1 heteroatoms. The highest BCUT2D eigenvalue weighted by Crippen LogP contribution is 2.30. The van der Waals surface area contributed by atoms with Gasteiger partial charge in [0, 0.05) is 12.7 Å². The van der Waals surface area contributed by atoms with Crippen molar-refractivity contribution in [2.24, 2.45) is 0 Å². The first-order valence-corrected chi connectivity index (χ1v) is 5.87. The molecular formula is C13H23N. The van der Waals surface area contributed by atoms with E-state index in [4.69, 9.17) is 0 Å². The summed E-state index contributed by atoms with van der Waals surface area (Å²) in [6.45, 7) is 6.42. The van der Waals surface area contributed by atoms with E-state index in [0.717, 1.165) is 0 Å². The number of unbranched alkanes of at least 4 members (excludes halogenated alkanes) is 1. The maximum atomic E-state index is 4.17. The molecule has 0 radical (unpaired) electrons. The van der Waals surface area contributed by atoms with E-state index < -0.39 is 0 Å². The third kappa shape index (κ3) is 2.90. The van der Waals surface area contributed by atoms with Gasteiger partial charge in [-0.15, -0.1) is 0 Å². The summed E-state index contributed by atoms with van der Waals surface area (Å²) in [5.41, 5.74) is 4.33. The van der Waals surface area contributed by atoms with Crippen molar-refractivity contribution in [3.8, 4) is 0 Å². The Labute approximate surface area is 88.3 Å². The van der Waals surface area contributed by atoms with Gasteiger partial charge in [-0.3, -0.25) is 0 Å². The Morgan fingerprint density at radius 1 is 1.36 bits per heavy atom. The lowest BCUT2D eigenvalue weighted by Gasteiger charge is -2.21. The zero-order chi connectivity index (χ0) is 10.4. The van der Waals surface area contributed by atoms with E-state index in [1.165, 1.54) is 61.8 Å². The Morgan fingerprint density at radius 3 is 2.64 bits per heavy atom. The molecule has 0 saturated heterocycles. The van der Waals surface area contributed by atoms with Crippen LogP contribution in [-0.4, -0.2) is 7.05 Å². The zero-order valence-electron chi connectivity index (χ0n) is 9.66. The summed E-state index contributed by atoms with van der Waals surface area (Å²) in [6.07, 6.45) is 8.85. The molecule has 0 bridgehead atoms. The number of rotatable bonds is 4. The predicted octanol–water partition coefficient (Wildman–Crippen LogP) is 3.78. The zero-order valence-corrected chi connectivity index (χ0v) is 9.66. The summed E-state index contributed by atoms with van der Waals surface area (Å²) in [4.78, 5) is 0. The largest absolute Gasteiger partial charge is 0.391 e. The Morgan fingerprint density at radius 2 is 2.07 bits per heavy atom. The van der Waals surface area contributed by atoms with Crippen LogP contribution in [-0.2, 0) is 0 Å². The lowest BCUT2D eigenvalue weighted by Crippen LogP contribution is -2.12. The maximum Gasteiger partial charge on any atom is 0.0139 e. The highest BCUT2D eigenvalue weighted by atomic mass is 14.8. The van der Waals surface area contributed by atoms with Gasteiger partial charge in [-0.1, -0.05) is 25.5 Å². The second-order valence-corrected chi connectivity index (χ2v) is 4.12. The predicted molar refractivity (Wildman–Crippen MR) is 63.2 cm³/mol. The van der Waals surface area contributed by atoms with Gasteiger partial charge in [0.2, 0.25) is 0 Å². The summed E-state index contributed by atoms with van der Waals surface area (Å²) in [5, 5.41) is 3.36. The number of hydrogen-bond acceptors (Lipinski definition) is 1. The number of allylic oxidation sites excluding steroid dienone is 3. The van der Waals surface area contributed by atoms with Gasteiger partial charge < -0.3 is 5.32 Å². The van der Waals surface area contributed by atoms with E-state index in [0.29, 0.717) is 0 Å². The molecule has 1 aliphatic carbocycles. The summed E-state index contributed by atoms with van der Waals surface area (Å²) < 4.78 is 0. The molecule has 1 N–H and O–H groups in total. The lowest BCUT2D eigenvalue weighted by molar-refractivity contribution is 0.650. The molecule has 1 aliphatic rings. The molecule has 1 nitrogen and oxygen atoms in total. The SMILES string of the molecule is C=C1CCCC/C1=C(\CCCC)NC. The van der Waals surface area contributed by atoms with Crippen molar-refractivity contribution in [3.05, 3.63) is 23.4 Å². The van der Waals surface area contributed by atoms with E-state index in [9.17, 15) is 0 Å². The van der Waals surface area contributed by atoms with Crippen LogP contribution in [0.2, 0.25) is 0 Å². The highest BCUT2D eigenvalue weighted by molar-refractivity contribution is 5.34. The molecule has 0 heterocycles. The van der Waals surface area contributed by atoms with Crippen LogP contribution in [0, 0.1) is 0 Å². The molecule has 0 aliphatic heterocycles. The lowest BCUT2D eigenvalue weighted by atomic mass is 9.88. The van der Waals surface area contributed by atoms with Gasteiger partial charge in [-0.05, 0) is 44.1 Å². The minimum atomic E-state index is 1.20. The van der Waals surface area contributed by atoms with Crippen LogP contribution in [0.1, 0.15) is 51.9 Å². The van der Waals surface area contributed by atoms with Crippen LogP contribution in [0.25, 0.3) is 0 Å². The van der Waals surface area contributed by atoms with Crippen molar-refractivity contribution in [1.29, 1.82) is 0 Å². The van der Waals surface area contributed by atoms with Crippen molar-refractivity contribution >= 4 is 0 Å². The molecule has 0 aromatic rings. The van der Waals surface area contributed by atoms with Gasteiger partial charge in [0.25, 0.3) is 0 Å². The molecule has 0 aromatic heterocycles. The molecule has 0 amide bonds. The molecule has 1 saturated carbocycles. The molecule has 14 heavy (non-hydrogen) atoms. The molecule has 80 valence electrons. The average Bonchev–Trinajstić information content (AvgIpc) is 2.21. The van der Waals surface area contributed by atoms with Crippen LogP contribution in [0.3, 0.4) is 0 Å². The normalized spacial score (nSPS) is 20.9. The first kappa shape index (κ1) is 11.4. The van der Waals surface area contributed by atoms with Crippen molar-refractivity contribution in [3.63, 3.8) is 0 Å². The minimum absolute atomic E-state index is 1.20. The van der Waals surface area contributed by atoms with E-state index in [1.807, 2.05) is 7.05 Å². The number of nitrogens with one attached hydrogen (secondary N) is 1. The molecule has 1 fully saturated rings. The van der Waals surface area contributed by atoms with E-state index >= 15 is 0 Å². The molecule has 0 aromatic carbocycles. The monoisotopic (exact) mass is 193 g/mol. The maximum absolute atomic E-state index is 4.17. The second kappa shape index (κ2) is 5.90. The van der Waals surface area contributed by atoms with Crippen molar-refractivity contribution < 1.29 is 0 Å². The van der Waals surface area contributed by atoms with Crippen molar-refractivity contribution in [2.75, 3.05) is 7.05 Å². The Balaban J connectivity index is 2.68. The van der Waals surface area contributed by atoms with E-state index in [2.05, 4.69) is 18.8 Å². The van der Waals surface area contributed by atoms with Gasteiger partial charge in [0.1, 0.15) is 0 Å². The Kier molecular flexibility index (Phi) is 4.78. The summed E-state index contributed by atoms with van der Waals surface area (Å²) in [5.74, 6) is 0. The summed E-state index contributed by atoms with van der Waals surface area (Å²) >= 11 is 0. The molecule has 0 unspecified atom stereocenters. The topological polar surface area (TPSA) is 12.0 Å². The Hall–Kier alpha value is -0.720.